The molecule has 1 aromatic rings. The summed E-state index contributed by atoms with van der Waals surface area (Å²) >= 11 is 0. The molecule has 1 heterocycles. The van der Waals surface area contributed by atoms with Gasteiger partial charge in [0, 0.05) is 24.9 Å². The van der Waals surface area contributed by atoms with Gasteiger partial charge in [-0.2, -0.15) is 5.10 Å². The topological polar surface area (TPSA) is 34.9 Å². The molecule has 0 radical (unpaired) electrons. The van der Waals surface area contributed by atoms with Crippen LogP contribution in [0.25, 0.3) is 0 Å². The van der Waals surface area contributed by atoms with E-state index in [-0.39, 0.29) is 5.92 Å². The maximum absolute atomic E-state index is 12.0. The van der Waals surface area contributed by atoms with Crippen molar-refractivity contribution < 1.29 is 4.79 Å². The van der Waals surface area contributed by atoms with Crippen LogP contribution >= 0.6 is 0 Å². The van der Waals surface area contributed by atoms with Gasteiger partial charge in [0.25, 0.3) is 0 Å². The summed E-state index contributed by atoms with van der Waals surface area (Å²) in [7, 11) is 0. The van der Waals surface area contributed by atoms with Crippen LogP contribution in [-0.4, -0.2) is 15.6 Å². The Balaban J connectivity index is 2.20. The minimum Gasteiger partial charge on any atom is -0.299 e. The number of nitrogens with zero attached hydrogens (tertiary/aromatic N) is 2. The molecular formula is C13H20N2O. The molecule has 1 fully saturated rings. The van der Waals surface area contributed by atoms with E-state index in [2.05, 4.69) is 12.0 Å². The van der Waals surface area contributed by atoms with Crippen LogP contribution in [0.15, 0.2) is 12.3 Å². The summed E-state index contributed by atoms with van der Waals surface area (Å²) in [6.07, 6.45) is 8.09. The molecule has 2 rings (SSSR count). The second-order valence-electron chi connectivity index (χ2n) is 4.60. The molecule has 0 aromatic carbocycles. The zero-order valence-electron chi connectivity index (χ0n) is 9.98. The Morgan fingerprint density at radius 1 is 1.44 bits per heavy atom. The molecule has 0 saturated heterocycles. The summed E-state index contributed by atoms with van der Waals surface area (Å²) in [5.41, 5.74) is 1.13. The van der Waals surface area contributed by atoms with Crippen molar-refractivity contribution >= 4 is 5.78 Å². The molecule has 1 aliphatic carbocycles. The first kappa shape index (κ1) is 11.4. The lowest BCUT2D eigenvalue weighted by molar-refractivity contribution is -0.120. The highest BCUT2D eigenvalue weighted by atomic mass is 16.1. The minimum absolute atomic E-state index is 0.108. The lowest BCUT2D eigenvalue weighted by Gasteiger charge is -2.14. The molecule has 1 atom stereocenters. The standard InChI is InChI=1S/C13H20N2O/c1-2-10-15-12(8-9-14-15)11-6-4-3-5-7-13(11)16/h8-9,11H,2-7,10H2,1H3. The van der Waals surface area contributed by atoms with E-state index < -0.39 is 0 Å². The number of ketones is 1. The number of aromatic nitrogens is 2. The number of hydrogen-bond donors (Lipinski definition) is 0. The molecule has 0 amide bonds. The zero-order chi connectivity index (χ0) is 11.4. The minimum atomic E-state index is 0.108. The summed E-state index contributed by atoms with van der Waals surface area (Å²) in [5, 5.41) is 4.31. The van der Waals surface area contributed by atoms with Crippen LogP contribution in [-0.2, 0) is 11.3 Å². The number of carbonyl (C=O) groups excluding carboxylic acids is 1. The molecule has 1 unspecified atom stereocenters. The normalized spacial score (nSPS) is 22.1. The van der Waals surface area contributed by atoms with E-state index in [0.717, 1.165) is 37.9 Å². The molecule has 1 saturated carbocycles. The van der Waals surface area contributed by atoms with Gasteiger partial charge in [0.15, 0.2) is 0 Å². The maximum atomic E-state index is 12.0. The van der Waals surface area contributed by atoms with Crippen LogP contribution in [0.3, 0.4) is 0 Å². The molecule has 88 valence electrons. The SMILES string of the molecule is CCCn1nccc1C1CCCCCC1=O. The molecule has 3 heteroatoms. The fourth-order valence-corrected chi connectivity index (χ4v) is 2.51. The van der Waals surface area contributed by atoms with Crippen molar-refractivity contribution in [2.75, 3.05) is 0 Å². The Labute approximate surface area is 96.8 Å². The third-order valence-electron chi connectivity index (χ3n) is 3.35. The van der Waals surface area contributed by atoms with Crippen LogP contribution in [0.2, 0.25) is 0 Å². The highest BCUT2D eigenvalue weighted by molar-refractivity contribution is 5.85. The first-order chi connectivity index (χ1) is 7.83. The Kier molecular flexibility index (Phi) is 3.75. The lowest BCUT2D eigenvalue weighted by Crippen LogP contribution is -2.16. The van der Waals surface area contributed by atoms with Crippen molar-refractivity contribution in [1.82, 2.24) is 9.78 Å². The summed E-state index contributed by atoms with van der Waals surface area (Å²) in [6.45, 7) is 3.06. The number of aryl methyl sites for hydroxylation is 1. The highest BCUT2D eigenvalue weighted by Gasteiger charge is 2.25. The van der Waals surface area contributed by atoms with Crippen LogP contribution in [0.4, 0.5) is 0 Å². The molecule has 0 bridgehead atoms. The molecule has 1 aliphatic rings. The van der Waals surface area contributed by atoms with Gasteiger partial charge >= 0.3 is 0 Å². The third-order valence-corrected chi connectivity index (χ3v) is 3.35. The third kappa shape index (κ3) is 2.34. The predicted molar refractivity (Wildman–Crippen MR) is 63.4 cm³/mol. The van der Waals surface area contributed by atoms with E-state index in [9.17, 15) is 4.79 Å². The number of hydrogen-bond acceptors (Lipinski definition) is 2. The number of rotatable bonds is 3. The van der Waals surface area contributed by atoms with Crippen LogP contribution in [0.5, 0.6) is 0 Å². The van der Waals surface area contributed by atoms with Crippen molar-refractivity contribution in [3.63, 3.8) is 0 Å². The van der Waals surface area contributed by atoms with Crippen molar-refractivity contribution in [3.8, 4) is 0 Å². The molecule has 0 spiro atoms. The predicted octanol–water partition coefficient (Wildman–Crippen LogP) is 2.91. The fraction of sp³-hybridized carbons (Fsp3) is 0.692. The Hall–Kier alpha value is -1.12. The van der Waals surface area contributed by atoms with E-state index >= 15 is 0 Å². The van der Waals surface area contributed by atoms with Gasteiger partial charge in [-0.05, 0) is 25.3 Å². The molecule has 3 nitrogen and oxygen atoms in total. The zero-order valence-corrected chi connectivity index (χ0v) is 9.98. The van der Waals surface area contributed by atoms with Crippen molar-refractivity contribution in [3.05, 3.63) is 18.0 Å². The van der Waals surface area contributed by atoms with Gasteiger partial charge < -0.3 is 0 Å². The van der Waals surface area contributed by atoms with E-state index in [0.29, 0.717) is 5.78 Å². The lowest BCUT2D eigenvalue weighted by atomic mass is 9.95. The maximum Gasteiger partial charge on any atom is 0.141 e. The Morgan fingerprint density at radius 3 is 3.12 bits per heavy atom. The van der Waals surface area contributed by atoms with E-state index in [4.69, 9.17) is 0 Å². The van der Waals surface area contributed by atoms with Crippen molar-refractivity contribution in [2.24, 2.45) is 0 Å². The Bertz CT molecular complexity index is 357. The molecule has 16 heavy (non-hydrogen) atoms. The summed E-state index contributed by atoms with van der Waals surface area (Å²) < 4.78 is 2.01. The number of carbonyl (C=O) groups is 1. The van der Waals surface area contributed by atoms with Gasteiger partial charge in [-0.15, -0.1) is 0 Å². The summed E-state index contributed by atoms with van der Waals surface area (Å²) in [6, 6.07) is 2.02. The molecule has 0 aliphatic heterocycles. The monoisotopic (exact) mass is 220 g/mol. The second kappa shape index (κ2) is 5.28. The highest BCUT2D eigenvalue weighted by Crippen LogP contribution is 2.28. The smallest absolute Gasteiger partial charge is 0.141 e. The molecule has 1 aromatic heterocycles. The van der Waals surface area contributed by atoms with Crippen LogP contribution in [0, 0.1) is 0 Å². The van der Waals surface area contributed by atoms with Crippen LogP contribution < -0.4 is 0 Å². The van der Waals surface area contributed by atoms with Gasteiger partial charge in [-0.25, -0.2) is 0 Å². The van der Waals surface area contributed by atoms with E-state index in [1.54, 1.807) is 0 Å². The fourth-order valence-electron chi connectivity index (χ4n) is 2.51. The van der Waals surface area contributed by atoms with Gasteiger partial charge in [0.2, 0.25) is 0 Å². The van der Waals surface area contributed by atoms with Gasteiger partial charge in [0.1, 0.15) is 5.78 Å². The molecule has 0 N–H and O–H groups in total. The first-order valence-electron chi connectivity index (χ1n) is 6.37. The second-order valence-corrected chi connectivity index (χ2v) is 4.60. The van der Waals surface area contributed by atoms with Gasteiger partial charge in [-0.3, -0.25) is 9.48 Å². The quantitative estimate of drug-likeness (QED) is 0.734. The van der Waals surface area contributed by atoms with Gasteiger partial charge in [-0.1, -0.05) is 19.8 Å². The average molecular weight is 220 g/mol. The summed E-state index contributed by atoms with van der Waals surface area (Å²) in [5.74, 6) is 0.520. The van der Waals surface area contributed by atoms with Crippen molar-refractivity contribution in [1.29, 1.82) is 0 Å². The first-order valence-corrected chi connectivity index (χ1v) is 6.37. The largest absolute Gasteiger partial charge is 0.299 e. The van der Waals surface area contributed by atoms with E-state index in [1.807, 2.05) is 16.9 Å². The van der Waals surface area contributed by atoms with Gasteiger partial charge in [0.05, 0.1) is 5.92 Å². The summed E-state index contributed by atoms with van der Waals surface area (Å²) in [4.78, 5) is 12.0. The average Bonchev–Trinajstić information content (AvgIpc) is 2.61. The number of Topliss-reactive ketones (excluding diaryl/α,β-unsaturated/α-hetero) is 1. The van der Waals surface area contributed by atoms with Crippen LogP contribution in [0.1, 0.15) is 57.1 Å². The Morgan fingerprint density at radius 2 is 2.31 bits per heavy atom. The van der Waals surface area contributed by atoms with E-state index in [1.165, 1.54) is 12.8 Å². The van der Waals surface area contributed by atoms with Crippen molar-refractivity contribution in [2.45, 2.75) is 57.9 Å². The molecular weight excluding hydrogens is 200 g/mol.